The van der Waals surface area contributed by atoms with E-state index in [9.17, 15) is 29.1 Å². The second-order valence-electron chi connectivity index (χ2n) is 9.48. The van der Waals surface area contributed by atoms with Crippen molar-refractivity contribution in [3.63, 3.8) is 0 Å². The molecule has 1 unspecified atom stereocenters. The standard InChI is InChI=1S/C22H35N3O9/c1-7-32-18(29)15-14-12(26)9-22(16(14)15,19(30)33-8-2)25-13(27)10-23-17(28)11(3)24-20(31)34-21(4,5)6/h11-12,14-16,26H,7-10H2,1-6H3,(H,23,28)(H,24,31)(H,25,27)/t11-,12-,14?,15-,16-,22-/m0/s1. The van der Waals surface area contributed by atoms with Gasteiger partial charge in [0.15, 0.2) is 0 Å². The van der Waals surface area contributed by atoms with Crippen LogP contribution in [-0.4, -0.2) is 78.0 Å². The summed E-state index contributed by atoms with van der Waals surface area (Å²) in [6, 6.07) is -0.990. The zero-order chi connectivity index (χ0) is 25.8. The number of nitrogens with one attached hydrogen (secondary N) is 3. The number of hydrogen-bond acceptors (Lipinski definition) is 9. The summed E-state index contributed by atoms with van der Waals surface area (Å²) < 4.78 is 15.3. The van der Waals surface area contributed by atoms with Crippen LogP contribution in [0.15, 0.2) is 0 Å². The average Bonchev–Trinajstić information content (AvgIpc) is 3.40. The maximum Gasteiger partial charge on any atom is 0.408 e. The Bertz CT molecular complexity index is 825. The molecule has 2 rings (SSSR count). The molecule has 0 saturated heterocycles. The Morgan fingerprint density at radius 1 is 1.09 bits per heavy atom. The lowest BCUT2D eigenvalue weighted by Crippen LogP contribution is -2.59. The lowest BCUT2D eigenvalue weighted by molar-refractivity contribution is -0.156. The average molecular weight is 486 g/mol. The molecule has 0 bridgehead atoms. The molecule has 2 fully saturated rings. The summed E-state index contributed by atoms with van der Waals surface area (Å²) in [7, 11) is 0. The van der Waals surface area contributed by atoms with Crippen LogP contribution in [0.4, 0.5) is 4.79 Å². The number of rotatable bonds is 9. The van der Waals surface area contributed by atoms with Crippen LogP contribution in [0.2, 0.25) is 0 Å². The van der Waals surface area contributed by atoms with E-state index in [1.807, 2.05) is 0 Å². The van der Waals surface area contributed by atoms with Crippen molar-refractivity contribution in [2.24, 2.45) is 17.8 Å². The summed E-state index contributed by atoms with van der Waals surface area (Å²) in [4.78, 5) is 61.9. The van der Waals surface area contributed by atoms with Crippen molar-refractivity contribution in [2.75, 3.05) is 19.8 Å². The van der Waals surface area contributed by atoms with E-state index >= 15 is 0 Å². The van der Waals surface area contributed by atoms with Gasteiger partial charge >= 0.3 is 18.0 Å². The molecule has 2 aliphatic carbocycles. The highest BCUT2D eigenvalue weighted by molar-refractivity contribution is 5.94. The Labute approximate surface area is 198 Å². The zero-order valence-corrected chi connectivity index (χ0v) is 20.4. The van der Waals surface area contributed by atoms with Gasteiger partial charge in [-0.2, -0.15) is 0 Å². The molecule has 192 valence electrons. The van der Waals surface area contributed by atoms with Crippen LogP contribution in [0.25, 0.3) is 0 Å². The number of aliphatic hydroxyl groups is 1. The van der Waals surface area contributed by atoms with Gasteiger partial charge in [-0.25, -0.2) is 9.59 Å². The summed E-state index contributed by atoms with van der Waals surface area (Å²) in [6.45, 7) is 9.39. The Hall–Kier alpha value is -2.89. The van der Waals surface area contributed by atoms with Crippen LogP contribution in [-0.2, 0) is 33.4 Å². The Kier molecular flexibility index (Phi) is 8.51. The maximum atomic E-state index is 12.8. The predicted molar refractivity (Wildman–Crippen MR) is 117 cm³/mol. The molecule has 34 heavy (non-hydrogen) atoms. The van der Waals surface area contributed by atoms with Crippen molar-refractivity contribution in [3.05, 3.63) is 0 Å². The minimum atomic E-state index is -1.61. The van der Waals surface area contributed by atoms with E-state index in [4.69, 9.17) is 14.2 Å². The van der Waals surface area contributed by atoms with Gasteiger partial charge in [0, 0.05) is 18.3 Å². The third-order valence-electron chi connectivity index (χ3n) is 5.73. The Morgan fingerprint density at radius 3 is 2.26 bits per heavy atom. The highest BCUT2D eigenvalue weighted by atomic mass is 16.6. The lowest BCUT2D eigenvalue weighted by Gasteiger charge is -2.31. The molecule has 0 aromatic carbocycles. The van der Waals surface area contributed by atoms with Crippen LogP contribution >= 0.6 is 0 Å². The summed E-state index contributed by atoms with van der Waals surface area (Å²) >= 11 is 0. The van der Waals surface area contributed by atoms with E-state index in [0.29, 0.717) is 0 Å². The minimum Gasteiger partial charge on any atom is -0.466 e. The fraction of sp³-hybridized carbons (Fsp3) is 0.773. The zero-order valence-electron chi connectivity index (χ0n) is 20.4. The molecule has 0 aliphatic heterocycles. The van der Waals surface area contributed by atoms with E-state index in [1.165, 1.54) is 6.92 Å². The summed E-state index contributed by atoms with van der Waals surface area (Å²) in [6.07, 6.45) is -1.91. The first-order valence-electron chi connectivity index (χ1n) is 11.4. The van der Waals surface area contributed by atoms with Gasteiger partial charge in [0.1, 0.15) is 17.2 Å². The number of ether oxygens (including phenoxy) is 3. The highest BCUT2D eigenvalue weighted by Gasteiger charge is 2.76. The molecule has 4 N–H and O–H groups in total. The third-order valence-corrected chi connectivity index (χ3v) is 5.73. The van der Waals surface area contributed by atoms with Crippen molar-refractivity contribution in [2.45, 2.75) is 71.2 Å². The molecule has 0 radical (unpaired) electrons. The van der Waals surface area contributed by atoms with Crippen LogP contribution in [0.1, 0.15) is 48.0 Å². The van der Waals surface area contributed by atoms with Gasteiger partial charge in [-0.15, -0.1) is 0 Å². The molecule has 2 saturated carbocycles. The van der Waals surface area contributed by atoms with E-state index in [2.05, 4.69) is 16.0 Å². The molecule has 2 aliphatic rings. The summed E-state index contributed by atoms with van der Waals surface area (Å²) in [5.74, 6) is -4.60. The number of alkyl carbamates (subject to hydrolysis) is 1. The quantitative estimate of drug-likeness (QED) is 0.251. The topological polar surface area (TPSA) is 169 Å². The van der Waals surface area contributed by atoms with Crippen molar-refractivity contribution in [1.29, 1.82) is 0 Å². The first kappa shape index (κ1) is 27.4. The van der Waals surface area contributed by atoms with Crippen LogP contribution in [0.5, 0.6) is 0 Å². The number of fused-ring (bicyclic) bond motifs is 1. The van der Waals surface area contributed by atoms with Gasteiger partial charge in [-0.1, -0.05) is 0 Å². The molecule has 6 atom stereocenters. The van der Waals surface area contributed by atoms with Crippen molar-refractivity contribution < 1.29 is 43.3 Å². The van der Waals surface area contributed by atoms with E-state index in [1.54, 1.807) is 34.6 Å². The van der Waals surface area contributed by atoms with Crippen LogP contribution in [0, 0.1) is 17.8 Å². The number of carbonyl (C=O) groups is 5. The monoisotopic (exact) mass is 485 g/mol. The van der Waals surface area contributed by atoms with Crippen LogP contribution < -0.4 is 16.0 Å². The van der Waals surface area contributed by atoms with Gasteiger partial charge in [0.25, 0.3) is 0 Å². The van der Waals surface area contributed by atoms with E-state index < -0.39 is 77.4 Å². The van der Waals surface area contributed by atoms with Gasteiger partial charge in [-0.05, 0) is 41.5 Å². The largest absolute Gasteiger partial charge is 0.466 e. The van der Waals surface area contributed by atoms with E-state index in [-0.39, 0.29) is 19.6 Å². The second-order valence-corrected chi connectivity index (χ2v) is 9.48. The van der Waals surface area contributed by atoms with Gasteiger partial charge in [0.05, 0.1) is 31.8 Å². The molecular weight excluding hydrogens is 450 g/mol. The summed E-state index contributed by atoms with van der Waals surface area (Å²) in [5, 5.41) is 17.8. The number of amides is 3. The minimum absolute atomic E-state index is 0.0403. The van der Waals surface area contributed by atoms with Gasteiger partial charge < -0.3 is 35.3 Å². The van der Waals surface area contributed by atoms with Crippen molar-refractivity contribution >= 4 is 29.8 Å². The van der Waals surface area contributed by atoms with E-state index in [0.717, 1.165) is 0 Å². The summed E-state index contributed by atoms with van der Waals surface area (Å²) in [5.41, 5.74) is -2.35. The third kappa shape index (κ3) is 6.16. The first-order chi connectivity index (χ1) is 15.8. The SMILES string of the molecule is CCOC(=O)[C@H]1C2[C@@H](O)C[C@@](NC(=O)CNC(=O)[C@H](C)NC(=O)OC(C)(C)C)(C(=O)OCC)[C@@H]21. The Balaban J connectivity index is 2.02. The lowest BCUT2D eigenvalue weighted by atomic mass is 9.89. The Morgan fingerprint density at radius 2 is 1.71 bits per heavy atom. The smallest absolute Gasteiger partial charge is 0.408 e. The molecule has 0 aromatic heterocycles. The fourth-order valence-electron chi connectivity index (χ4n) is 4.42. The molecule has 3 amide bonds. The molecule has 12 nitrogen and oxygen atoms in total. The number of hydrogen-bond donors (Lipinski definition) is 4. The number of esters is 2. The van der Waals surface area contributed by atoms with Crippen molar-refractivity contribution in [3.8, 4) is 0 Å². The second kappa shape index (κ2) is 10.6. The number of aliphatic hydroxyl groups excluding tert-OH is 1. The van der Waals surface area contributed by atoms with Gasteiger partial charge in [-0.3, -0.25) is 14.4 Å². The van der Waals surface area contributed by atoms with Crippen LogP contribution in [0.3, 0.4) is 0 Å². The molecular formula is C22H35N3O9. The fourth-order valence-corrected chi connectivity index (χ4v) is 4.42. The first-order valence-corrected chi connectivity index (χ1v) is 11.4. The molecule has 12 heteroatoms. The molecule has 0 heterocycles. The normalized spacial score (nSPS) is 28.1. The maximum absolute atomic E-state index is 12.8. The molecule has 0 aromatic rings. The number of carbonyl (C=O) groups excluding carboxylic acids is 5. The van der Waals surface area contributed by atoms with Gasteiger partial charge in [0.2, 0.25) is 11.8 Å². The molecule has 0 spiro atoms. The predicted octanol–water partition coefficient (Wildman–Crippen LogP) is -0.376. The highest BCUT2D eigenvalue weighted by Crippen LogP contribution is 2.63. The van der Waals surface area contributed by atoms with Crippen molar-refractivity contribution in [1.82, 2.24) is 16.0 Å².